The Kier molecular flexibility index (Phi) is 7.89. The zero-order valence-corrected chi connectivity index (χ0v) is 17.2. The summed E-state index contributed by atoms with van der Waals surface area (Å²) in [5.41, 5.74) is 1.07. The Balaban J connectivity index is 1.36. The molecule has 0 aromatic heterocycles. The number of nitrogens with one attached hydrogen (secondary N) is 1. The molecule has 0 amide bonds. The summed E-state index contributed by atoms with van der Waals surface area (Å²) in [4.78, 5) is 0. The van der Waals surface area contributed by atoms with Gasteiger partial charge in [-0.05, 0) is 67.8 Å². The van der Waals surface area contributed by atoms with Crippen LogP contribution in [-0.2, 0) is 0 Å². The Morgan fingerprint density at radius 2 is 1.54 bits per heavy atom. The number of hydrogen-bond donors (Lipinski definition) is 1. The summed E-state index contributed by atoms with van der Waals surface area (Å²) in [7, 11) is 1.66. The van der Waals surface area contributed by atoms with Gasteiger partial charge in [-0.25, -0.2) is 0 Å². The van der Waals surface area contributed by atoms with Crippen LogP contribution in [0.4, 0.5) is 5.69 Å². The maximum absolute atomic E-state index is 5.93. The third-order valence-electron chi connectivity index (χ3n) is 5.36. The molecule has 0 heterocycles. The predicted octanol–water partition coefficient (Wildman–Crippen LogP) is 5.92. The second-order valence-corrected chi connectivity index (χ2v) is 7.65. The molecule has 1 N–H and O–H groups in total. The van der Waals surface area contributed by atoms with Gasteiger partial charge in [0.25, 0.3) is 0 Å². The van der Waals surface area contributed by atoms with E-state index >= 15 is 0 Å². The van der Waals surface area contributed by atoms with Gasteiger partial charge in [0.1, 0.15) is 23.4 Å². The smallest absolute Gasteiger partial charge is 0.120 e. The molecule has 0 aliphatic heterocycles. The highest BCUT2D eigenvalue weighted by Gasteiger charge is 2.13. The standard InChI is InChI=1S/C24H33NO3/c1-19(28-24-14-12-22(26-2)13-15-24)18-25-21-8-10-23(11-9-21)27-17-16-20-6-4-3-5-7-20/h8-15,19-20,25H,3-7,16-18H2,1-2H3. The minimum atomic E-state index is 0.0554. The summed E-state index contributed by atoms with van der Waals surface area (Å²) in [6, 6.07) is 15.9. The summed E-state index contributed by atoms with van der Waals surface area (Å²) < 4.78 is 17.0. The minimum Gasteiger partial charge on any atom is -0.497 e. The van der Waals surface area contributed by atoms with Crippen molar-refractivity contribution >= 4 is 5.69 Å². The molecule has 4 heteroatoms. The zero-order chi connectivity index (χ0) is 19.6. The average Bonchev–Trinajstić information content (AvgIpc) is 2.74. The molecule has 3 rings (SSSR count). The van der Waals surface area contributed by atoms with Crippen molar-refractivity contribution in [1.82, 2.24) is 0 Å². The third-order valence-corrected chi connectivity index (χ3v) is 5.36. The fraction of sp³-hybridized carbons (Fsp3) is 0.500. The lowest BCUT2D eigenvalue weighted by molar-refractivity contribution is 0.234. The summed E-state index contributed by atoms with van der Waals surface area (Å²) in [6.07, 6.45) is 8.19. The first-order chi connectivity index (χ1) is 13.7. The van der Waals surface area contributed by atoms with Gasteiger partial charge < -0.3 is 19.5 Å². The Morgan fingerprint density at radius 1 is 0.893 bits per heavy atom. The number of methoxy groups -OCH3 is 1. The van der Waals surface area contributed by atoms with Crippen molar-refractivity contribution in [3.63, 3.8) is 0 Å². The van der Waals surface area contributed by atoms with E-state index in [9.17, 15) is 0 Å². The van der Waals surface area contributed by atoms with E-state index in [2.05, 4.69) is 24.4 Å². The van der Waals surface area contributed by atoms with Crippen LogP contribution in [0.3, 0.4) is 0 Å². The second-order valence-electron chi connectivity index (χ2n) is 7.65. The molecule has 152 valence electrons. The van der Waals surface area contributed by atoms with Crippen molar-refractivity contribution in [2.24, 2.45) is 5.92 Å². The molecule has 4 nitrogen and oxygen atoms in total. The van der Waals surface area contributed by atoms with Crippen molar-refractivity contribution in [2.45, 2.75) is 51.6 Å². The Hall–Kier alpha value is -2.36. The fourth-order valence-corrected chi connectivity index (χ4v) is 3.68. The molecule has 1 atom stereocenters. The Bertz CT molecular complexity index is 678. The Morgan fingerprint density at radius 3 is 2.21 bits per heavy atom. The lowest BCUT2D eigenvalue weighted by Gasteiger charge is -2.21. The van der Waals surface area contributed by atoms with Gasteiger partial charge in [-0.15, -0.1) is 0 Å². The first-order valence-electron chi connectivity index (χ1n) is 10.5. The molecule has 0 saturated heterocycles. The van der Waals surface area contributed by atoms with Crippen LogP contribution >= 0.6 is 0 Å². The summed E-state index contributed by atoms with van der Waals surface area (Å²) in [5.74, 6) is 3.49. The van der Waals surface area contributed by atoms with E-state index in [0.29, 0.717) is 0 Å². The fourth-order valence-electron chi connectivity index (χ4n) is 3.68. The summed E-state index contributed by atoms with van der Waals surface area (Å²) in [6.45, 7) is 3.61. The van der Waals surface area contributed by atoms with Gasteiger partial charge in [-0.2, -0.15) is 0 Å². The number of benzene rings is 2. The predicted molar refractivity (Wildman–Crippen MR) is 115 cm³/mol. The molecule has 1 aliphatic rings. The van der Waals surface area contributed by atoms with Crippen LogP contribution in [-0.4, -0.2) is 26.4 Å². The van der Waals surface area contributed by atoms with E-state index in [1.165, 1.54) is 38.5 Å². The highest BCUT2D eigenvalue weighted by atomic mass is 16.5. The molecule has 2 aromatic carbocycles. The number of rotatable bonds is 10. The van der Waals surface area contributed by atoms with Gasteiger partial charge >= 0.3 is 0 Å². The molecule has 0 bridgehead atoms. The van der Waals surface area contributed by atoms with E-state index in [-0.39, 0.29) is 6.10 Å². The van der Waals surface area contributed by atoms with Crippen LogP contribution < -0.4 is 19.5 Å². The van der Waals surface area contributed by atoms with Crippen molar-refractivity contribution in [1.29, 1.82) is 0 Å². The van der Waals surface area contributed by atoms with Crippen LogP contribution in [0.2, 0.25) is 0 Å². The van der Waals surface area contributed by atoms with Crippen LogP contribution in [0, 0.1) is 5.92 Å². The van der Waals surface area contributed by atoms with E-state index < -0.39 is 0 Å². The van der Waals surface area contributed by atoms with E-state index in [1.807, 2.05) is 36.4 Å². The van der Waals surface area contributed by atoms with Crippen LogP contribution in [0.15, 0.2) is 48.5 Å². The molecule has 0 radical (unpaired) electrons. The number of ether oxygens (including phenoxy) is 3. The van der Waals surface area contributed by atoms with Crippen molar-refractivity contribution < 1.29 is 14.2 Å². The molecule has 0 spiro atoms. The van der Waals surface area contributed by atoms with Crippen molar-refractivity contribution in [3.8, 4) is 17.2 Å². The summed E-state index contributed by atoms with van der Waals surface area (Å²) >= 11 is 0. The Labute approximate surface area is 169 Å². The highest BCUT2D eigenvalue weighted by molar-refractivity contribution is 5.46. The second kappa shape index (κ2) is 10.8. The first kappa shape index (κ1) is 20.4. The van der Waals surface area contributed by atoms with Gasteiger partial charge in [0.15, 0.2) is 0 Å². The largest absolute Gasteiger partial charge is 0.497 e. The van der Waals surface area contributed by atoms with Crippen LogP contribution in [0.1, 0.15) is 45.4 Å². The van der Waals surface area contributed by atoms with Gasteiger partial charge in [-0.3, -0.25) is 0 Å². The van der Waals surface area contributed by atoms with Crippen molar-refractivity contribution in [3.05, 3.63) is 48.5 Å². The van der Waals surface area contributed by atoms with Gasteiger partial charge in [-0.1, -0.05) is 32.1 Å². The van der Waals surface area contributed by atoms with Gasteiger partial charge in [0.05, 0.1) is 20.3 Å². The number of anilines is 1. The van der Waals surface area contributed by atoms with Gasteiger partial charge in [0, 0.05) is 5.69 Å². The third kappa shape index (κ3) is 6.66. The monoisotopic (exact) mass is 383 g/mol. The lowest BCUT2D eigenvalue weighted by atomic mass is 9.87. The molecular formula is C24H33NO3. The average molecular weight is 384 g/mol. The lowest BCUT2D eigenvalue weighted by Crippen LogP contribution is -2.22. The topological polar surface area (TPSA) is 39.7 Å². The maximum atomic E-state index is 5.93. The zero-order valence-electron chi connectivity index (χ0n) is 17.2. The SMILES string of the molecule is COc1ccc(OC(C)CNc2ccc(OCCC3CCCCC3)cc2)cc1. The van der Waals surface area contributed by atoms with Crippen LogP contribution in [0.5, 0.6) is 17.2 Å². The van der Waals surface area contributed by atoms with Crippen LogP contribution in [0.25, 0.3) is 0 Å². The highest BCUT2D eigenvalue weighted by Crippen LogP contribution is 2.26. The molecular weight excluding hydrogens is 350 g/mol. The maximum Gasteiger partial charge on any atom is 0.120 e. The van der Waals surface area contributed by atoms with Crippen molar-refractivity contribution in [2.75, 3.05) is 25.6 Å². The molecule has 1 fully saturated rings. The quantitative estimate of drug-likeness (QED) is 0.552. The van der Waals surface area contributed by atoms with E-state index in [1.54, 1.807) is 7.11 Å². The first-order valence-corrected chi connectivity index (χ1v) is 10.5. The molecule has 28 heavy (non-hydrogen) atoms. The number of hydrogen-bond acceptors (Lipinski definition) is 4. The summed E-state index contributed by atoms with van der Waals surface area (Å²) in [5, 5.41) is 3.42. The van der Waals surface area contributed by atoms with E-state index in [0.717, 1.165) is 42.0 Å². The minimum absolute atomic E-state index is 0.0554. The van der Waals surface area contributed by atoms with Gasteiger partial charge in [0.2, 0.25) is 0 Å². The molecule has 1 saturated carbocycles. The molecule has 2 aromatic rings. The van der Waals surface area contributed by atoms with E-state index in [4.69, 9.17) is 14.2 Å². The molecule has 1 aliphatic carbocycles. The molecule has 1 unspecified atom stereocenters. The normalized spacial score (nSPS) is 15.6.